The number of hydrogen-bond acceptors (Lipinski definition) is 11. The Labute approximate surface area is 215 Å². The van der Waals surface area contributed by atoms with Gasteiger partial charge >= 0.3 is 0 Å². The number of sulfonamides is 1. The zero-order chi connectivity index (χ0) is 26.7. The SMILES string of the molecule is COc1ncc(Nc2ncc(CCN3CCN(S(C)(=O)=O)C[C@H]3C)cc2-c2nc(C)nc(N)n2)cc1F. The zero-order valence-electron chi connectivity index (χ0n) is 21.1. The van der Waals surface area contributed by atoms with Crippen molar-refractivity contribution in [2.24, 2.45) is 0 Å². The maximum Gasteiger partial charge on any atom is 0.250 e. The minimum Gasteiger partial charge on any atom is -0.479 e. The Bertz CT molecular complexity index is 1370. The predicted octanol–water partition coefficient (Wildman–Crippen LogP) is 1.62. The second kappa shape index (κ2) is 10.9. The first-order valence-corrected chi connectivity index (χ1v) is 13.5. The summed E-state index contributed by atoms with van der Waals surface area (Å²) in [6, 6.07) is 3.25. The molecule has 0 aliphatic carbocycles. The molecule has 0 spiro atoms. The van der Waals surface area contributed by atoms with E-state index in [9.17, 15) is 12.8 Å². The summed E-state index contributed by atoms with van der Waals surface area (Å²) in [5.41, 5.74) is 7.74. The van der Waals surface area contributed by atoms with Crippen molar-refractivity contribution in [3.8, 4) is 17.3 Å². The monoisotopic (exact) mass is 531 g/mol. The van der Waals surface area contributed by atoms with Gasteiger partial charge in [0.1, 0.15) is 11.6 Å². The van der Waals surface area contributed by atoms with Gasteiger partial charge in [-0.25, -0.2) is 27.8 Å². The fourth-order valence-corrected chi connectivity index (χ4v) is 5.09. The van der Waals surface area contributed by atoms with Gasteiger partial charge in [-0.1, -0.05) is 0 Å². The maximum atomic E-state index is 14.2. The number of ether oxygens (including phenoxy) is 1. The quantitative estimate of drug-likeness (QED) is 0.436. The Hall–Kier alpha value is -3.49. The van der Waals surface area contributed by atoms with Gasteiger partial charge in [-0.2, -0.15) is 14.3 Å². The van der Waals surface area contributed by atoms with E-state index in [1.807, 2.05) is 13.0 Å². The van der Waals surface area contributed by atoms with Crippen LogP contribution < -0.4 is 15.8 Å². The number of methoxy groups -OCH3 is 1. The molecule has 4 rings (SSSR count). The third-order valence-corrected chi connectivity index (χ3v) is 7.37. The lowest BCUT2D eigenvalue weighted by molar-refractivity contribution is 0.131. The molecule has 12 nitrogen and oxygen atoms in total. The number of aryl methyl sites for hydroxylation is 1. The molecule has 0 unspecified atom stereocenters. The van der Waals surface area contributed by atoms with Crippen LogP contribution in [0.5, 0.6) is 5.88 Å². The fraction of sp³-hybridized carbons (Fsp3) is 0.435. The molecule has 1 aliphatic heterocycles. The van der Waals surface area contributed by atoms with Crippen LogP contribution in [0.1, 0.15) is 18.3 Å². The third-order valence-electron chi connectivity index (χ3n) is 6.10. The summed E-state index contributed by atoms with van der Waals surface area (Å²) in [5.74, 6) is 0.536. The molecule has 0 aromatic carbocycles. The van der Waals surface area contributed by atoms with Gasteiger partial charge in [-0.3, -0.25) is 4.90 Å². The topological polar surface area (TPSA) is 152 Å². The van der Waals surface area contributed by atoms with Crippen LogP contribution in [0.2, 0.25) is 0 Å². The molecule has 3 N–H and O–H groups in total. The third kappa shape index (κ3) is 6.45. The van der Waals surface area contributed by atoms with Crippen molar-refractivity contribution in [1.29, 1.82) is 0 Å². The Kier molecular flexibility index (Phi) is 7.80. The van der Waals surface area contributed by atoms with Gasteiger partial charge < -0.3 is 15.8 Å². The molecule has 0 bridgehead atoms. The fourth-order valence-electron chi connectivity index (χ4n) is 4.19. The lowest BCUT2D eigenvalue weighted by Crippen LogP contribution is -2.53. The Morgan fingerprint density at radius 2 is 1.97 bits per heavy atom. The van der Waals surface area contributed by atoms with E-state index >= 15 is 0 Å². The molecule has 1 aliphatic rings. The molecule has 1 saturated heterocycles. The van der Waals surface area contributed by atoms with Crippen molar-refractivity contribution in [2.75, 3.05) is 50.6 Å². The molecule has 1 atom stereocenters. The van der Waals surface area contributed by atoms with E-state index in [1.165, 1.54) is 29.9 Å². The van der Waals surface area contributed by atoms with E-state index in [2.05, 4.69) is 35.1 Å². The minimum absolute atomic E-state index is 0.0774. The summed E-state index contributed by atoms with van der Waals surface area (Å²) in [5, 5.41) is 3.08. The number of halogens is 1. The van der Waals surface area contributed by atoms with E-state index in [-0.39, 0.29) is 17.9 Å². The average Bonchev–Trinajstić information content (AvgIpc) is 2.83. The van der Waals surface area contributed by atoms with Crippen molar-refractivity contribution in [3.63, 3.8) is 0 Å². The largest absolute Gasteiger partial charge is 0.479 e. The summed E-state index contributed by atoms with van der Waals surface area (Å²) in [6.07, 6.45) is 5.08. The molecular formula is C23H30FN9O3S. The molecule has 3 aromatic heterocycles. The van der Waals surface area contributed by atoms with Crippen LogP contribution in [0.15, 0.2) is 24.5 Å². The van der Waals surface area contributed by atoms with E-state index in [0.29, 0.717) is 54.8 Å². The molecule has 198 valence electrons. The first-order valence-electron chi connectivity index (χ1n) is 11.7. The van der Waals surface area contributed by atoms with E-state index in [1.54, 1.807) is 13.1 Å². The smallest absolute Gasteiger partial charge is 0.250 e. The highest BCUT2D eigenvalue weighted by molar-refractivity contribution is 7.88. The molecule has 4 heterocycles. The predicted molar refractivity (Wildman–Crippen MR) is 137 cm³/mol. The molecule has 0 saturated carbocycles. The van der Waals surface area contributed by atoms with Crippen molar-refractivity contribution in [1.82, 2.24) is 34.1 Å². The van der Waals surface area contributed by atoms with Gasteiger partial charge in [0.15, 0.2) is 11.6 Å². The van der Waals surface area contributed by atoms with Gasteiger partial charge in [-0.15, -0.1) is 0 Å². The van der Waals surface area contributed by atoms with Crippen molar-refractivity contribution in [3.05, 3.63) is 41.7 Å². The second-order valence-electron chi connectivity index (χ2n) is 8.90. The zero-order valence-corrected chi connectivity index (χ0v) is 22.0. The Morgan fingerprint density at radius 3 is 2.62 bits per heavy atom. The van der Waals surface area contributed by atoms with Crippen LogP contribution in [-0.2, 0) is 16.4 Å². The number of aromatic nitrogens is 5. The minimum atomic E-state index is -3.20. The van der Waals surface area contributed by atoms with Crippen molar-refractivity contribution < 1.29 is 17.5 Å². The lowest BCUT2D eigenvalue weighted by Gasteiger charge is -2.38. The summed E-state index contributed by atoms with van der Waals surface area (Å²) in [6.45, 7) is 6.02. The number of nitrogen functional groups attached to an aromatic ring is 1. The molecule has 3 aromatic rings. The van der Waals surface area contributed by atoms with Crippen LogP contribution in [0, 0.1) is 12.7 Å². The van der Waals surface area contributed by atoms with E-state index < -0.39 is 15.8 Å². The summed E-state index contributed by atoms with van der Waals surface area (Å²) in [4.78, 5) is 23.5. The molecule has 0 amide bonds. The summed E-state index contributed by atoms with van der Waals surface area (Å²) < 4.78 is 44.4. The number of piperazine rings is 1. The number of nitrogens with two attached hydrogens (primary N) is 1. The van der Waals surface area contributed by atoms with Crippen LogP contribution in [0.4, 0.5) is 21.8 Å². The lowest BCUT2D eigenvalue weighted by atomic mass is 10.1. The highest BCUT2D eigenvalue weighted by Crippen LogP contribution is 2.29. The normalized spacial score (nSPS) is 17.1. The first-order chi connectivity index (χ1) is 17.5. The number of hydrogen-bond donors (Lipinski definition) is 2. The number of anilines is 3. The van der Waals surface area contributed by atoms with Gasteiger partial charge in [0.2, 0.25) is 21.9 Å². The summed E-state index contributed by atoms with van der Waals surface area (Å²) >= 11 is 0. The number of nitrogens with one attached hydrogen (secondary N) is 1. The van der Waals surface area contributed by atoms with Crippen molar-refractivity contribution in [2.45, 2.75) is 26.3 Å². The van der Waals surface area contributed by atoms with Crippen LogP contribution >= 0.6 is 0 Å². The highest BCUT2D eigenvalue weighted by atomic mass is 32.2. The van der Waals surface area contributed by atoms with Gasteiger partial charge in [-0.05, 0) is 31.9 Å². The second-order valence-corrected chi connectivity index (χ2v) is 10.9. The number of pyridine rings is 2. The van der Waals surface area contributed by atoms with Crippen LogP contribution in [0.25, 0.3) is 11.4 Å². The van der Waals surface area contributed by atoms with Gasteiger partial charge in [0.05, 0.1) is 30.8 Å². The maximum absolute atomic E-state index is 14.2. The molecule has 37 heavy (non-hydrogen) atoms. The number of rotatable bonds is 8. The van der Waals surface area contributed by atoms with Gasteiger partial charge in [0, 0.05) is 44.5 Å². The van der Waals surface area contributed by atoms with Gasteiger partial charge in [0.25, 0.3) is 0 Å². The highest BCUT2D eigenvalue weighted by Gasteiger charge is 2.28. The molecule has 1 fully saturated rings. The van der Waals surface area contributed by atoms with Crippen LogP contribution in [0.3, 0.4) is 0 Å². The standard InChI is InChI=1S/C23H30FN9O3S/c1-14-13-33(37(4,34)35)8-7-32(14)6-5-16-9-18(21-28-15(2)29-23(25)31-21)20(26-11-16)30-17-10-19(24)22(36-3)27-12-17/h9-12,14H,5-8,13H2,1-4H3,(H,26,30)(H2,25,28,29,31)/t14-/m1/s1. The Balaban J connectivity index is 1.58. The molecular weight excluding hydrogens is 501 g/mol. The molecule has 14 heteroatoms. The number of nitrogens with zero attached hydrogens (tertiary/aromatic N) is 7. The van der Waals surface area contributed by atoms with Crippen molar-refractivity contribution >= 4 is 27.5 Å². The Morgan fingerprint density at radius 1 is 1.19 bits per heavy atom. The van der Waals surface area contributed by atoms with E-state index in [0.717, 1.165) is 12.1 Å². The first kappa shape index (κ1) is 26.6. The van der Waals surface area contributed by atoms with E-state index in [4.69, 9.17) is 10.5 Å². The van der Waals surface area contributed by atoms with Crippen LogP contribution in [-0.4, -0.2) is 88.1 Å². The average molecular weight is 532 g/mol. The molecule has 0 radical (unpaired) electrons. The summed E-state index contributed by atoms with van der Waals surface area (Å²) in [7, 11) is -1.86.